The third-order valence-electron chi connectivity index (χ3n) is 2.66. The van der Waals surface area contributed by atoms with E-state index in [2.05, 4.69) is 15.5 Å². The Morgan fingerprint density at radius 1 is 1.47 bits per heavy atom. The summed E-state index contributed by atoms with van der Waals surface area (Å²) in [5.41, 5.74) is -0.440. The minimum Gasteiger partial charge on any atom is -0.478 e. The number of amides is 1. The fraction of sp³-hybridized carbons (Fsp3) is 0.444. The number of rotatable bonds is 3. The zero-order valence-electron chi connectivity index (χ0n) is 9.79. The highest BCUT2D eigenvalue weighted by Crippen LogP contribution is 2.18. The third kappa shape index (κ3) is 2.58. The van der Waals surface area contributed by atoms with Crippen molar-refractivity contribution >= 4 is 21.9 Å². The molecule has 0 spiro atoms. The van der Waals surface area contributed by atoms with Crippen LogP contribution in [0.25, 0.3) is 0 Å². The molecule has 1 amide bonds. The highest BCUT2D eigenvalue weighted by molar-refractivity contribution is 7.89. The third-order valence-corrected chi connectivity index (χ3v) is 4.48. The van der Waals surface area contributed by atoms with Crippen LogP contribution >= 0.6 is 0 Å². The number of sulfonamides is 1. The van der Waals surface area contributed by atoms with Crippen LogP contribution in [0.1, 0.15) is 16.8 Å². The number of carbonyl (C=O) groups excluding carboxylic acids is 1. The number of carboxylic acid groups (broad SMARTS) is 1. The summed E-state index contributed by atoms with van der Waals surface area (Å²) in [6.45, 7) is 0.194. The summed E-state index contributed by atoms with van der Waals surface area (Å²) in [5.74, 6) is -1.82. The number of H-pyrrole nitrogens is 1. The van der Waals surface area contributed by atoms with E-state index in [1.165, 1.54) is 0 Å². The van der Waals surface area contributed by atoms with Crippen LogP contribution in [0.3, 0.4) is 0 Å². The Hall–Kier alpha value is -1.94. The zero-order valence-corrected chi connectivity index (χ0v) is 10.6. The Kier molecular flexibility index (Phi) is 3.53. The molecule has 0 aromatic carbocycles. The van der Waals surface area contributed by atoms with Gasteiger partial charge in [-0.1, -0.05) is 0 Å². The summed E-state index contributed by atoms with van der Waals surface area (Å²) in [6, 6.07) is 0. The molecular weight excluding hydrogens is 276 g/mol. The fourth-order valence-corrected chi connectivity index (χ4v) is 3.24. The second-order valence-electron chi connectivity index (χ2n) is 3.96. The van der Waals surface area contributed by atoms with Crippen molar-refractivity contribution in [3.05, 3.63) is 11.8 Å². The van der Waals surface area contributed by atoms with Gasteiger partial charge in [0.2, 0.25) is 5.91 Å². The minimum absolute atomic E-state index is 0.138. The number of aromatic carboxylic acids is 1. The SMILES string of the molecule is O=C1CN(S(=O)(=O)c2[nH]ncc2C(=O)O)CCCN1. The molecule has 2 heterocycles. The fourth-order valence-electron chi connectivity index (χ4n) is 1.74. The van der Waals surface area contributed by atoms with Crippen LogP contribution in [-0.4, -0.2) is 59.5 Å². The highest BCUT2D eigenvalue weighted by Gasteiger charge is 2.33. The van der Waals surface area contributed by atoms with Crippen LogP contribution in [0.15, 0.2) is 11.2 Å². The number of nitrogens with zero attached hydrogens (tertiary/aromatic N) is 2. The lowest BCUT2D eigenvalue weighted by molar-refractivity contribution is -0.120. The molecular formula is C9H12N4O5S. The molecule has 2 rings (SSSR count). The molecule has 1 saturated heterocycles. The molecule has 0 atom stereocenters. The van der Waals surface area contributed by atoms with Gasteiger partial charge in [-0.25, -0.2) is 13.2 Å². The van der Waals surface area contributed by atoms with Crippen molar-refractivity contribution < 1.29 is 23.1 Å². The Balaban J connectivity index is 2.38. The van der Waals surface area contributed by atoms with Crippen LogP contribution in [0.2, 0.25) is 0 Å². The molecule has 1 aliphatic heterocycles. The van der Waals surface area contributed by atoms with E-state index in [9.17, 15) is 18.0 Å². The number of hydrogen-bond acceptors (Lipinski definition) is 5. The molecule has 0 unspecified atom stereocenters. The highest BCUT2D eigenvalue weighted by atomic mass is 32.2. The summed E-state index contributed by atoms with van der Waals surface area (Å²) < 4.78 is 25.5. The van der Waals surface area contributed by atoms with Crippen molar-refractivity contribution in [1.29, 1.82) is 0 Å². The first-order valence-corrected chi connectivity index (χ1v) is 6.90. The van der Waals surface area contributed by atoms with E-state index in [1.807, 2.05) is 0 Å². The van der Waals surface area contributed by atoms with Gasteiger partial charge in [0.25, 0.3) is 10.0 Å². The smallest absolute Gasteiger partial charge is 0.340 e. The average Bonchev–Trinajstić information content (AvgIpc) is 2.73. The van der Waals surface area contributed by atoms with Gasteiger partial charge in [-0.2, -0.15) is 9.40 Å². The number of aromatic amines is 1. The van der Waals surface area contributed by atoms with E-state index in [-0.39, 0.29) is 13.1 Å². The second-order valence-corrected chi connectivity index (χ2v) is 5.83. The standard InChI is InChI=1S/C9H12N4O5S/c14-7-5-13(3-1-2-10-7)19(17,18)8-6(9(15)16)4-11-12-8/h4H,1-3,5H2,(H,10,14)(H,11,12)(H,15,16). The summed E-state index contributed by atoms with van der Waals surface area (Å²) in [5, 5.41) is 16.5. The minimum atomic E-state index is -4.08. The van der Waals surface area contributed by atoms with Crippen LogP contribution in [0.5, 0.6) is 0 Å². The number of carbonyl (C=O) groups is 2. The van der Waals surface area contributed by atoms with Gasteiger partial charge >= 0.3 is 5.97 Å². The molecule has 1 aliphatic rings. The molecule has 104 valence electrons. The van der Waals surface area contributed by atoms with E-state index < -0.39 is 32.5 Å². The molecule has 0 saturated carbocycles. The molecule has 0 aliphatic carbocycles. The maximum atomic E-state index is 12.3. The van der Waals surface area contributed by atoms with Gasteiger partial charge in [0.05, 0.1) is 12.7 Å². The van der Waals surface area contributed by atoms with Crippen molar-refractivity contribution in [2.75, 3.05) is 19.6 Å². The molecule has 10 heteroatoms. The second kappa shape index (κ2) is 4.97. The summed E-state index contributed by atoms with van der Waals surface area (Å²) >= 11 is 0. The van der Waals surface area contributed by atoms with Crippen molar-refractivity contribution in [2.24, 2.45) is 0 Å². The van der Waals surface area contributed by atoms with Gasteiger partial charge in [0.1, 0.15) is 5.56 Å². The van der Waals surface area contributed by atoms with Gasteiger partial charge in [-0.3, -0.25) is 9.89 Å². The van der Waals surface area contributed by atoms with Crippen molar-refractivity contribution in [1.82, 2.24) is 19.8 Å². The summed E-state index contributed by atoms with van der Waals surface area (Å²) in [6.07, 6.45) is 1.38. The molecule has 1 fully saturated rings. The van der Waals surface area contributed by atoms with Gasteiger partial charge in [-0.05, 0) is 6.42 Å². The van der Waals surface area contributed by atoms with E-state index in [1.54, 1.807) is 0 Å². The predicted molar refractivity (Wildman–Crippen MR) is 61.9 cm³/mol. The first kappa shape index (κ1) is 13.5. The Bertz CT molecular complexity index is 608. The van der Waals surface area contributed by atoms with Gasteiger partial charge < -0.3 is 10.4 Å². The summed E-state index contributed by atoms with van der Waals surface area (Å²) in [7, 11) is -4.08. The Labute approximate surface area is 108 Å². The van der Waals surface area contributed by atoms with Crippen molar-refractivity contribution in [3.8, 4) is 0 Å². The number of nitrogens with one attached hydrogen (secondary N) is 2. The Morgan fingerprint density at radius 2 is 2.21 bits per heavy atom. The monoisotopic (exact) mass is 288 g/mol. The number of carboxylic acids is 1. The first-order valence-electron chi connectivity index (χ1n) is 5.46. The first-order chi connectivity index (χ1) is 8.93. The van der Waals surface area contributed by atoms with E-state index >= 15 is 0 Å². The number of aromatic nitrogens is 2. The normalized spacial score (nSPS) is 17.8. The van der Waals surface area contributed by atoms with Gasteiger partial charge in [-0.15, -0.1) is 0 Å². The molecule has 3 N–H and O–H groups in total. The largest absolute Gasteiger partial charge is 0.478 e. The zero-order chi connectivity index (χ0) is 14.0. The molecule has 19 heavy (non-hydrogen) atoms. The quantitative estimate of drug-likeness (QED) is 0.628. The maximum Gasteiger partial charge on any atom is 0.340 e. The molecule has 1 aromatic heterocycles. The van der Waals surface area contributed by atoms with E-state index in [0.29, 0.717) is 13.0 Å². The van der Waals surface area contributed by atoms with E-state index in [4.69, 9.17) is 5.11 Å². The molecule has 9 nitrogen and oxygen atoms in total. The van der Waals surface area contributed by atoms with Crippen molar-refractivity contribution in [3.63, 3.8) is 0 Å². The lowest BCUT2D eigenvalue weighted by Crippen LogP contribution is -2.38. The molecule has 0 bridgehead atoms. The van der Waals surface area contributed by atoms with Crippen LogP contribution in [-0.2, 0) is 14.8 Å². The maximum absolute atomic E-state index is 12.3. The van der Waals surface area contributed by atoms with Crippen LogP contribution in [0, 0.1) is 0 Å². The molecule has 1 aromatic rings. The lowest BCUT2D eigenvalue weighted by atomic mass is 10.4. The van der Waals surface area contributed by atoms with Gasteiger partial charge in [0, 0.05) is 13.1 Å². The van der Waals surface area contributed by atoms with Gasteiger partial charge in [0.15, 0.2) is 5.03 Å². The van der Waals surface area contributed by atoms with Crippen molar-refractivity contribution in [2.45, 2.75) is 11.4 Å². The summed E-state index contributed by atoms with van der Waals surface area (Å²) in [4.78, 5) is 22.3. The average molecular weight is 288 g/mol. The topological polar surface area (TPSA) is 132 Å². The number of hydrogen-bond donors (Lipinski definition) is 3. The predicted octanol–water partition coefficient (Wildman–Crippen LogP) is -1.38. The van der Waals surface area contributed by atoms with E-state index in [0.717, 1.165) is 10.5 Å². The Morgan fingerprint density at radius 3 is 2.89 bits per heavy atom. The van der Waals surface area contributed by atoms with Crippen LogP contribution < -0.4 is 5.32 Å². The molecule has 0 radical (unpaired) electrons. The lowest BCUT2D eigenvalue weighted by Gasteiger charge is -2.17. The van der Waals surface area contributed by atoms with Crippen LogP contribution in [0.4, 0.5) is 0 Å².